The highest BCUT2D eigenvalue weighted by atomic mass is 16.5. The number of hydrogen-bond acceptors (Lipinski definition) is 4. The molecule has 1 amide bonds. The van der Waals surface area contributed by atoms with E-state index in [1.165, 1.54) is 0 Å². The molecule has 3 atom stereocenters. The van der Waals surface area contributed by atoms with Gasteiger partial charge in [0.25, 0.3) is 0 Å². The molecule has 122 valence electrons. The zero-order chi connectivity index (χ0) is 15.9. The third kappa shape index (κ3) is 4.91. The number of rotatable bonds is 7. The minimum atomic E-state index is -0.103. The summed E-state index contributed by atoms with van der Waals surface area (Å²) in [5.41, 5.74) is 6.00. The molecule has 5 heteroatoms. The van der Waals surface area contributed by atoms with Crippen LogP contribution in [0.3, 0.4) is 0 Å². The zero-order valence-corrected chi connectivity index (χ0v) is 13.4. The van der Waals surface area contributed by atoms with Gasteiger partial charge in [-0.2, -0.15) is 0 Å². The predicted molar refractivity (Wildman–Crippen MR) is 86.0 cm³/mol. The van der Waals surface area contributed by atoms with Crippen molar-refractivity contribution in [2.75, 3.05) is 13.7 Å². The largest absolute Gasteiger partial charge is 0.497 e. The summed E-state index contributed by atoms with van der Waals surface area (Å²) in [4.78, 5) is 12.0. The molecular formula is C17H26N2O3. The average molecular weight is 306 g/mol. The summed E-state index contributed by atoms with van der Waals surface area (Å²) in [6.45, 7) is 2.42. The van der Waals surface area contributed by atoms with Crippen molar-refractivity contribution >= 4 is 5.91 Å². The summed E-state index contributed by atoms with van der Waals surface area (Å²) >= 11 is 0. The number of carbonyl (C=O) groups excluding carboxylic acids is 1. The van der Waals surface area contributed by atoms with Gasteiger partial charge in [0.15, 0.2) is 0 Å². The highest BCUT2D eigenvalue weighted by Crippen LogP contribution is 2.26. The van der Waals surface area contributed by atoms with Crippen LogP contribution in [0.15, 0.2) is 24.3 Å². The van der Waals surface area contributed by atoms with Crippen molar-refractivity contribution in [1.82, 2.24) is 5.32 Å². The van der Waals surface area contributed by atoms with Gasteiger partial charge in [0.2, 0.25) is 5.91 Å². The fourth-order valence-corrected chi connectivity index (χ4v) is 2.84. The first-order chi connectivity index (χ1) is 10.6. The number of amides is 1. The van der Waals surface area contributed by atoms with E-state index in [-0.39, 0.29) is 18.1 Å². The maximum atomic E-state index is 12.0. The topological polar surface area (TPSA) is 73.6 Å². The molecule has 0 saturated heterocycles. The third-order valence-electron chi connectivity index (χ3n) is 4.13. The first kappa shape index (κ1) is 16.6. The van der Waals surface area contributed by atoms with Crippen LogP contribution in [0.25, 0.3) is 0 Å². The number of nitrogens with one attached hydrogen (secondary N) is 1. The summed E-state index contributed by atoms with van der Waals surface area (Å²) in [7, 11) is 1.62. The molecule has 1 aromatic rings. The molecule has 0 aliphatic heterocycles. The molecule has 1 aliphatic carbocycles. The Bertz CT molecular complexity index is 493. The Kier molecular flexibility index (Phi) is 6.07. The summed E-state index contributed by atoms with van der Waals surface area (Å²) in [5, 5.41) is 2.93. The molecule has 3 N–H and O–H groups in total. The molecular weight excluding hydrogens is 280 g/mol. The Hall–Kier alpha value is -1.75. The number of ether oxygens (including phenoxy) is 2. The normalized spacial score (nSPS) is 22.1. The van der Waals surface area contributed by atoms with Gasteiger partial charge in [-0.05, 0) is 37.8 Å². The molecule has 1 aliphatic rings. The van der Waals surface area contributed by atoms with Gasteiger partial charge in [0.05, 0.1) is 13.7 Å². The van der Waals surface area contributed by atoms with Gasteiger partial charge in [-0.1, -0.05) is 12.5 Å². The predicted octanol–water partition coefficient (Wildman–Crippen LogP) is 2.10. The van der Waals surface area contributed by atoms with Crippen LogP contribution in [0, 0.1) is 5.92 Å². The highest BCUT2D eigenvalue weighted by Gasteiger charge is 2.26. The van der Waals surface area contributed by atoms with E-state index in [9.17, 15) is 4.79 Å². The maximum Gasteiger partial charge on any atom is 0.220 e. The Morgan fingerprint density at radius 1 is 1.41 bits per heavy atom. The first-order valence-corrected chi connectivity index (χ1v) is 7.91. The molecule has 2 rings (SSSR count). The van der Waals surface area contributed by atoms with E-state index in [1.54, 1.807) is 7.11 Å². The lowest BCUT2D eigenvalue weighted by Gasteiger charge is -2.18. The van der Waals surface area contributed by atoms with Crippen LogP contribution >= 0.6 is 0 Å². The average Bonchev–Trinajstić information content (AvgIpc) is 2.90. The number of hydrogen-bond donors (Lipinski definition) is 2. The monoisotopic (exact) mass is 306 g/mol. The van der Waals surface area contributed by atoms with Crippen LogP contribution < -0.4 is 20.5 Å². The van der Waals surface area contributed by atoms with E-state index in [0.717, 1.165) is 30.8 Å². The lowest BCUT2D eigenvalue weighted by molar-refractivity contribution is -0.122. The summed E-state index contributed by atoms with van der Waals surface area (Å²) in [6.07, 6.45) is 3.65. The summed E-state index contributed by atoms with van der Waals surface area (Å²) in [5.74, 6) is 1.88. The Morgan fingerprint density at radius 3 is 2.86 bits per heavy atom. The van der Waals surface area contributed by atoms with Crippen LogP contribution in [-0.2, 0) is 4.79 Å². The molecule has 1 saturated carbocycles. The highest BCUT2D eigenvalue weighted by molar-refractivity contribution is 5.76. The second kappa shape index (κ2) is 8.03. The lowest BCUT2D eigenvalue weighted by Crippen LogP contribution is -2.36. The van der Waals surface area contributed by atoms with E-state index in [4.69, 9.17) is 15.2 Å². The van der Waals surface area contributed by atoms with Crippen molar-refractivity contribution in [3.8, 4) is 11.5 Å². The molecule has 0 radical (unpaired) electrons. The van der Waals surface area contributed by atoms with Gasteiger partial charge in [-0.3, -0.25) is 4.79 Å². The van der Waals surface area contributed by atoms with E-state index < -0.39 is 0 Å². The van der Waals surface area contributed by atoms with E-state index in [0.29, 0.717) is 18.9 Å². The molecule has 0 bridgehead atoms. The minimum Gasteiger partial charge on any atom is -0.497 e. The standard InChI is InChI=1S/C17H26N2O3/c1-12(22-15-7-4-6-14(10-15)21-2)11-19-17(20)9-13-5-3-8-16(13)18/h4,6-7,10,12-13,16H,3,5,8-9,11,18H2,1-2H3,(H,19,20)/t12?,13-,16+/m0/s1. The molecule has 0 heterocycles. The molecule has 22 heavy (non-hydrogen) atoms. The van der Waals surface area contributed by atoms with E-state index in [2.05, 4.69) is 5.32 Å². The molecule has 5 nitrogen and oxygen atoms in total. The summed E-state index contributed by atoms with van der Waals surface area (Å²) in [6, 6.07) is 7.62. The first-order valence-electron chi connectivity index (χ1n) is 7.91. The van der Waals surface area contributed by atoms with Crippen LogP contribution in [0.5, 0.6) is 11.5 Å². The zero-order valence-electron chi connectivity index (χ0n) is 13.4. The molecule has 1 unspecified atom stereocenters. The molecule has 0 aromatic heterocycles. The Labute approximate surface area is 132 Å². The van der Waals surface area contributed by atoms with Crippen molar-refractivity contribution in [1.29, 1.82) is 0 Å². The quantitative estimate of drug-likeness (QED) is 0.809. The SMILES string of the molecule is COc1cccc(OC(C)CNC(=O)C[C@@H]2CCC[C@H]2N)c1. The number of carbonyl (C=O) groups is 1. The number of methoxy groups -OCH3 is 1. The molecule has 0 spiro atoms. The fourth-order valence-electron chi connectivity index (χ4n) is 2.84. The summed E-state index contributed by atoms with van der Waals surface area (Å²) < 4.78 is 10.9. The maximum absolute atomic E-state index is 12.0. The van der Waals surface area contributed by atoms with Crippen LogP contribution in [0.2, 0.25) is 0 Å². The lowest BCUT2D eigenvalue weighted by atomic mass is 10.00. The number of nitrogens with two attached hydrogens (primary N) is 1. The van der Waals surface area contributed by atoms with Gasteiger partial charge in [-0.15, -0.1) is 0 Å². The van der Waals surface area contributed by atoms with Crippen LogP contribution in [0.1, 0.15) is 32.6 Å². The fraction of sp³-hybridized carbons (Fsp3) is 0.588. The van der Waals surface area contributed by atoms with Crippen molar-refractivity contribution in [3.63, 3.8) is 0 Å². The van der Waals surface area contributed by atoms with Gasteiger partial charge in [0, 0.05) is 18.5 Å². The van der Waals surface area contributed by atoms with Crippen LogP contribution in [0.4, 0.5) is 0 Å². The van der Waals surface area contributed by atoms with Gasteiger partial charge >= 0.3 is 0 Å². The van der Waals surface area contributed by atoms with Crippen LogP contribution in [-0.4, -0.2) is 31.7 Å². The van der Waals surface area contributed by atoms with Gasteiger partial charge in [0.1, 0.15) is 17.6 Å². The van der Waals surface area contributed by atoms with E-state index in [1.807, 2.05) is 31.2 Å². The van der Waals surface area contributed by atoms with Crippen molar-refractivity contribution in [3.05, 3.63) is 24.3 Å². The van der Waals surface area contributed by atoms with Gasteiger partial charge < -0.3 is 20.5 Å². The minimum absolute atomic E-state index is 0.0587. The number of benzene rings is 1. The molecule has 1 aromatic carbocycles. The smallest absolute Gasteiger partial charge is 0.220 e. The van der Waals surface area contributed by atoms with Crippen molar-refractivity contribution in [2.24, 2.45) is 11.7 Å². The Balaban J connectivity index is 1.72. The van der Waals surface area contributed by atoms with Crippen molar-refractivity contribution < 1.29 is 14.3 Å². The van der Waals surface area contributed by atoms with Crippen molar-refractivity contribution in [2.45, 2.75) is 44.8 Å². The molecule has 1 fully saturated rings. The third-order valence-corrected chi connectivity index (χ3v) is 4.13. The van der Waals surface area contributed by atoms with Gasteiger partial charge in [-0.25, -0.2) is 0 Å². The van der Waals surface area contributed by atoms with E-state index >= 15 is 0 Å². The second-order valence-corrected chi connectivity index (χ2v) is 5.97. The Morgan fingerprint density at radius 2 is 2.18 bits per heavy atom. The second-order valence-electron chi connectivity index (χ2n) is 5.97.